The van der Waals surface area contributed by atoms with E-state index in [1.165, 1.54) is 37.7 Å². The van der Waals surface area contributed by atoms with E-state index in [-0.39, 0.29) is 24.8 Å². The molecule has 3 aliphatic carbocycles. The van der Waals surface area contributed by atoms with Crippen molar-refractivity contribution in [2.24, 2.45) is 0 Å². The monoisotopic (exact) mass is 522 g/mol. The van der Waals surface area contributed by atoms with Crippen molar-refractivity contribution in [2.75, 3.05) is 7.11 Å². The summed E-state index contributed by atoms with van der Waals surface area (Å²) in [4.78, 5) is 0. The van der Waals surface area contributed by atoms with E-state index < -0.39 is 31.3 Å². The maximum Gasteiger partial charge on any atom is -1.00 e. The first-order valence-corrected chi connectivity index (χ1v) is 16.4. The van der Waals surface area contributed by atoms with Crippen LogP contribution in [0.15, 0.2) is 62.1 Å². The van der Waals surface area contributed by atoms with Gasteiger partial charge in [-0.3, -0.25) is 0 Å². The van der Waals surface area contributed by atoms with Gasteiger partial charge in [-0.1, -0.05) is 0 Å². The summed E-state index contributed by atoms with van der Waals surface area (Å²) in [7, 11) is 0.571. The predicted octanol–water partition coefficient (Wildman–Crippen LogP) is 0.933. The molecule has 4 rings (SSSR count). The summed E-state index contributed by atoms with van der Waals surface area (Å²) >= 11 is -0.664. The average molecular weight is 525 g/mol. The summed E-state index contributed by atoms with van der Waals surface area (Å²) in [6.45, 7) is 7.43. The van der Waals surface area contributed by atoms with Crippen molar-refractivity contribution >= 4 is 13.6 Å². The van der Waals surface area contributed by atoms with E-state index >= 15 is 0 Å². The fourth-order valence-corrected chi connectivity index (χ4v) is 10.4. The number of halogens is 2. The zero-order valence-corrected chi connectivity index (χ0v) is 22.8. The topological polar surface area (TPSA) is 9.23 Å². The molecule has 29 heavy (non-hydrogen) atoms. The van der Waals surface area contributed by atoms with Crippen molar-refractivity contribution in [3.8, 4) is 5.75 Å². The zero-order chi connectivity index (χ0) is 19.0. The third kappa shape index (κ3) is 5.48. The largest absolute Gasteiger partial charge is 1.00 e. The molecule has 0 amide bonds. The van der Waals surface area contributed by atoms with Gasteiger partial charge in [-0.25, -0.2) is 0 Å². The number of hydrogen-bond donors (Lipinski definition) is 0. The van der Waals surface area contributed by atoms with Crippen LogP contribution < -0.4 is 29.6 Å². The third-order valence-corrected chi connectivity index (χ3v) is 12.2. The average Bonchev–Trinajstić information content (AvgIpc) is 3.27. The summed E-state index contributed by atoms with van der Waals surface area (Å²) in [6, 6.07) is 8.78. The molecule has 154 valence electrons. The number of methoxy groups -OCH3 is 1. The molecule has 0 bridgehead atoms. The molecule has 0 spiro atoms. The normalized spacial score (nSPS) is 20.6. The fourth-order valence-electron chi connectivity index (χ4n) is 4.44. The number of ether oxygens (including phenoxy) is 1. The number of allylic oxidation sites excluding steroid dienone is 8. The smallest absolute Gasteiger partial charge is 1.00 e. The summed E-state index contributed by atoms with van der Waals surface area (Å²) in [5, 5.41) is 1.68. The Labute approximate surface area is 201 Å². The molecule has 0 N–H and O–H groups in total. The summed E-state index contributed by atoms with van der Waals surface area (Å²) in [5.74, 6) is 0.953. The van der Waals surface area contributed by atoms with Crippen molar-refractivity contribution in [1.29, 1.82) is 0 Å². The first kappa shape index (κ1) is 24.9. The van der Waals surface area contributed by atoms with Gasteiger partial charge in [-0.2, -0.15) is 0 Å². The van der Waals surface area contributed by atoms with Gasteiger partial charge in [0.1, 0.15) is 0 Å². The molecule has 1 nitrogen and oxygen atoms in total. The summed E-state index contributed by atoms with van der Waals surface area (Å²) < 4.78 is 7.93. The molecule has 0 radical (unpaired) electrons. The molecule has 0 aliphatic heterocycles. The van der Waals surface area contributed by atoms with Crippen molar-refractivity contribution in [3.05, 3.63) is 67.7 Å². The van der Waals surface area contributed by atoms with Gasteiger partial charge in [-0.15, -0.1) is 0 Å². The zero-order valence-electron chi connectivity index (χ0n) is 17.8. The van der Waals surface area contributed by atoms with Gasteiger partial charge in [0.05, 0.1) is 0 Å². The minimum absolute atomic E-state index is 0. The molecule has 0 saturated heterocycles. The van der Waals surface area contributed by atoms with Crippen molar-refractivity contribution in [3.63, 3.8) is 0 Å². The second kappa shape index (κ2) is 10.3. The van der Waals surface area contributed by atoms with E-state index in [0.717, 1.165) is 9.38 Å². The molecule has 0 saturated carbocycles. The van der Waals surface area contributed by atoms with Gasteiger partial charge in [0, 0.05) is 0 Å². The van der Waals surface area contributed by atoms with Crippen LogP contribution >= 0.6 is 0 Å². The summed E-state index contributed by atoms with van der Waals surface area (Å²) in [6.07, 6.45) is 14.3. The maximum absolute atomic E-state index is 5.37. The molecule has 3 aliphatic rings. The number of hydrogen-bond acceptors (Lipinski definition) is 1. The molecule has 0 fully saturated rings. The van der Waals surface area contributed by atoms with E-state index in [4.69, 9.17) is 4.74 Å². The van der Waals surface area contributed by atoms with E-state index in [9.17, 15) is 0 Å². The van der Waals surface area contributed by atoms with Crippen LogP contribution in [-0.4, -0.2) is 15.2 Å². The summed E-state index contributed by atoms with van der Waals surface area (Å²) in [5.41, 5.74) is 6.50. The maximum atomic E-state index is 5.37. The van der Waals surface area contributed by atoms with Crippen LogP contribution in [0.5, 0.6) is 5.75 Å². The Morgan fingerprint density at radius 1 is 0.966 bits per heavy atom. The molecule has 0 aromatic heterocycles. The minimum Gasteiger partial charge on any atom is -1.00 e. The number of rotatable bonds is 5. The Bertz CT molecular complexity index is 860. The van der Waals surface area contributed by atoms with Gasteiger partial charge in [0.25, 0.3) is 0 Å². The minimum atomic E-state index is -1.18. The second-order valence-electron chi connectivity index (χ2n) is 8.95. The first-order valence-electron chi connectivity index (χ1n) is 10.2. The van der Waals surface area contributed by atoms with Crippen molar-refractivity contribution in [2.45, 2.75) is 55.4 Å². The quantitative estimate of drug-likeness (QED) is 0.521. The molecular formula is C24H30Cl2OSiZr. The van der Waals surface area contributed by atoms with Gasteiger partial charge < -0.3 is 24.8 Å². The van der Waals surface area contributed by atoms with Gasteiger partial charge >= 0.3 is 178 Å². The Balaban J connectivity index is 0.00000150. The van der Waals surface area contributed by atoms with Crippen LogP contribution in [0, 0.1) is 0 Å². The standard InChI is InChI=1S/C16H17O.C8H13Si.2ClH.Zr/c1-17-16-8-6-12(7-9-16)15-10-13-4-2-3-5-14(13)11-15;1-9(2,3)8-6-4-5-7-8;;;/h6-11H,2-5H2,1H3;6-7H,4H2,1-3H3;2*1H;/q;;;;+2/p-2. The van der Waals surface area contributed by atoms with Gasteiger partial charge in [-0.05, 0) is 0 Å². The molecule has 0 heterocycles. The second-order valence-corrected chi connectivity index (χ2v) is 17.7. The molecule has 1 unspecified atom stereocenters. The fraction of sp³-hybridized carbons (Fsp3) is 0.417. The molecular weight excluding hydrogens is 494 g/mol. The van der Waals surface area contributed by atoms with E-state index in [0.29, 0.717) is 0 Å². The third-order valence-electron chi connectivity index (χ3n) is 6.03. The number of benzene rings is 1. The van der Waals surface area contributed by atoms with Crippen LogP contribution in [0.1, 0.15) is 37.7 Å². The van der Waals surface area contributed by atoms with Crippen LogP contribution in [-0.2, 0) is 23.2 Å². The van der Waals surface area contributed by atoms with Crippen molar-refractivity contribution in [1.82, 2.24) is 0 Å². The van der Waals surface area contributed by atoms with E-state index in [1.807, 2.05) is 0 Å². The molecule has 1 aromatic rings. The molecule has 1 aromatic carbocycles. The molecule has 5 heteroatoms. The molecule has 1 atom stereocenters. The predicted molar refractivity (Wildman–Crippen MR) is 114 cm³/mol. The van der Waals surface area contributed by atoms with E-state index in [2.05, 4.69) is 62.1 Å². The Hall–Kier alpha value is -0.340. The van der Waals surface area contributed by atoms with Crippen molar-refractivity contribution < 1.29 is 52.8 Å². The Morgan fingerprint density at radius 3 is 2.28 bits per heavy atom. The first-order chi connectivity index (χ1) is 13.0. The van der Waals surface area contributed by atoms with Crippen LogP contribution in [0.25, 0.3) is 5.57 Å². The SMILES string of the molecule is COc1ccc(C2=CC3=C(CCCC3)[CH]2[Zr+2][C]2=CC([Si](C)(C)C)=CC2)cc1.[Cl-].[Cl-]. The Kier molecular flexibility index (Phi) is 8.86. The van der Waals surface area contributed by atoms with Gasteiger partial charge in [0.15, 0.2) is 0 Å². The van der Waals surface area contributed by atoms with Crippen LogP contribution in [0.4, 0.5) is 0 Å². The van der Waals surface area contributed by atoms with E-state index in [1.54, 1.807) is 32.3 Å². The van der Waals surface area contributed by atoms with Crippen LogP contribution in [0.2, 0.25) is 23.3 Å². The Morgan fingerprint density at radius 2 is 1.66 bits per heavy atom. The van der Waals surface area contributed by atoms with Crippen LogP contribution in [0.3, 0.4) is 0 Å². The van der Waals surface area contributed by atoms with Gasteiger partial charge in [0.2, 0.25) is 0 Å².